The maximum absolute atomic E-state index is 12.5. The van der Waals surface area contributed by atoms with E-state index >= 15 is 0 Å². The van der Waals surface area contributed by atoms with E-state index in [-0.39, 0.29) is 5.92 Å². The first-order valence-electron chi connectivity index (χ1n) is 11.6. The Kier molecular flexibility index (Phi) is 5.45. The second-order valence-corrected chi connectivity index (χ2v) is 8.59. The van der Waals surface area contributed by atoms with Crippen LogP contribution >= 0.6 is 0 Å². The van der Waals surface area contributed by atoms with Crippen LogP contribution in [0.1, 0.15) is 49.3 Å². The molecule has 1 saturated carbocycles. The zero-order chi connectivity index (χ0) is 23.1. The highest BCUT2D eigenvalue weighted by molar-refractivity contribution is 5.61. The molecule has 0 spiro atoms. The second-order valence-electron chi connectivity index (χ2n) is 8.59. The first kappa shape index (κ1) is 21.7. The number of benzene rings is 3. The summed E-state index contributed by atoms with van der Waals surface area (Å²) in [5.74, 6) is 2.62. The van der Waals surface area contributed by atoms with Crippen molar-refractivity contribution in [3.63, 3.8) is 0 Å². The van der Waals surface area contributed by atoms with Crippen LogP contribution in [0.15, 0.2) is 66.7 Å². The van der Waals surface area contributed by atoms with Crippen molar-refractivity contribution in [3.8, 4) is 23.0 Å². The van der Waals surface area contributed by atoms with Gasteiger partial charge in [0.15, 0.2) is 5.60 Å². The van der Waals surface area contributed by atoms with Crippen LogP contribution in [0.5, 0.6) is 23.0 Å². The van der Waals surface area contributed by atoms with E-state index in [4.69, 9.17) is 18.9 Å². The van der Waals surface area contributed by atoms with Gasteiger partial charge in [0.05, 0.1) is 25.9 Å². The molecule has 33 heavy (non-hydrogen) atoms. The molecule has 0 radical (unpaired) electrons. The monoisotopic (exact) mass is 446 g/mol. The SMILES string of the molecule is CCOc1cc(OCC)c2c(c1)OC1(c3ccc(OC)cc3)C(c3ccccc3)CCC21O. The lowest BCUT2D eigenvalue weighted by molar-refractivity contribution is -0.106. The Bertz CT molecular complexity index is 1130. The van der Waals surface area contributed by atoms with Gasteiger partial charge in [-0.25, -0.2) is 0 Å². The van der Waals surface area contributed by atoms with Gasteiger partial charge >= 0.3 is 0 Å². The van der Waals surface area contributed by atoms with Crippen molar-refractivity contribution >= 4 is 0 Å². The molecule has 172 valence electrons. The fourth-order valence-corrected chi connectivity index (χ4v) is 5.67. The molecule has 0 amide bonds. The van der Waals surface area contributed by atoms with Gasteiger partial charge in [0.1, 0.15) is 28.6 Å². The van der Waals surface area contributed by atoms with E-state index in [9.17, 15) is 5.11 Å². The molecule has 1 heterocycles. The van der Waals surface area contributed by atoms with Gasteiger partial charge < -0.3 is 24.1 Å². The molecule has 0 saturated heterocycles. The molecule has 5 nitrogen and oxygen atoms in total. The van der Waals surface area contributed by atoms with E-state index in [0.717, 1.165) is 23.3 Å². The van der Waals surface area contributed by atoms with E-state index in [1.807, 2.05) is 68.4 Å². The first-order chi connectivity index (χ1) is 16.1. The Balaban J connectivity index is 1.74. The van der Waals surface area contributed by atoms with Crippen molar-refractivity contribution in [3.05, 3.63) is 83.4 Å². The van der Waals surface area contributed by atoms with Gasteiger partial charge in [0.2, 0.25) is 0 Å². The van der Waals surface area contributed by atoms with Crippen LogP contribution in [0.2, 0.25) is 0 Å². The number of fused-ring (bicyclic) bond motifs is 3. The Morgan fingerprint density at radius 3 is 2.33 bits per heavy atom. The molecule has 3 unspecified atom stereocenters. The van der Waals surface area contributed by atoms with Gasteiger partial charge in [-0.2, -0.15) is 0 Å². The van der Waals surface area contributed by atoms with Crippen LogP contribution in [0.3, 0.4) is 0 Å². The number of hydrogen-bond acceptors (Lipinski definition) is 5. The molecule has 3 aromatic carbocycles. The fraction of sp³-hybridized carbons (Fsp3) is 0.357. The van der Waals surface area contributed by atoms with Crippen LogP contribution < -0.4 is 18.9 Å². The summed E-state index contributed by atoms with van der Waals surface area (Å²) in [4.78, 5) is 0. The third-order valence-electron chi connectivity index (χ3n) is 6.96. The van der Waals surface area contributed by atoms with Crippen LogP contribution in [0, 0.1) is 0 Å². The zero-order valence-electron chi connectivity index (χ0n) is 19.3. The summed E-state index contributed by atoms with van der Waals surface area (Å²) in [6, 6.07) is 21.9. The summed E-state index contributed by atoms with van der Waals surface area (Å²) < 4.78 is 24.1. The van der Waals surface area contributed by atoms with Gasteiger partial charge in [-0.15, -0.1) is 0 Å². The van der Waals surface area contributed by atoms with Crippen molar-refractivity contribution in [2.75, 3.05) is 20.3 Å². The highest BCUT2D eigenvalue weighted by atomic mass is 16.5. The summed E-state index contributed by atoms with van der Waals surface area (Å²) in [5, 5.41) is 12.5. The fourth-order valence-electron chi connectivity index (χ4n) is 5.67. The van der Waals surface area contributed by atoms with E-state index < -0.39 is 11.2 Å². The topological polar surface area (TPSA) is 57.2 Å². The number of aliphatic hydroxyl groups is 1. The minimum absolute atomic E-state index is 0.0467. The summed E-state index contributed by atoms with van der Waals surface area (Å²) in [5.41, 5.74) is 0.502. The van der Waals surface area contributed by atoms with Crippen molar-refractivity contribution in [1.82, 2.24) is 0 Å². The average Bonchev–Trinajstić information content (AvgIpc) is 3.27. The van der Waals surface area contributed by atoms with Gasteiger partial charge in [0.25, 0.3) is 0 Å². The average molecular weight is 447 g/mol. The summed E-state index contributed by atoms with van der Waals surface area (Å²) in [7, 11) is 1.65. The Morgan fingerprint density at radius 1 is 0.939 bits per heavy atom. The van der Waals surface area contributed by atoms with Crippen molar-refractivity contribution in [2.45, 2.75) is 43.8 Å². The maximum Gasteiger partial charge on any atom is 0.174 e. The van der Waals surface area contributed by atoms with E-state index in [0.29, 0.717) is 42.4 Å². The second kappa shape index (κ2) is 8.31. The van der Waals surface area contributed by atoms with Gasteiger partial charge in [0, 0.05) is 18.1 Å². The lowest BCUT2D eigenvalue weighted by atomic mass is 9.71. The van der Waals surface area contributed by atoms with Gasteiger partial charge in [-0.05, 0) is 49.9 Å². The molecule has 0 aromatic heterocycles. The van der Waals surface area contributed by atoms with Gasteiger partial charge in [-0.3, -0.25) is 0 Å². The number of methoxy groups -OCH3 is 1. The van der Waals surface area contributed by atoms with Crippen LogP contribution in [-0.4, -0.2) is 25.4 Å². The summed E-state index contributed by atoms with van der Waals surface area (Å²) in [6.45, 7) is 4.90. The van der Waals surface area contributed by atoms with E-state index in [2.05, 4.69) is 12.1 Å². The normalized spacial score (nSPS) is 25.2. The smallest absolute Gasteiger partial charge is 0.174 e. The highest BCUT2D eigenvalue weighted by Gasteiger charge is 2.69. The van der Waals surface area contributed by atoms with Crippen LogP contribution in [0.25, 0.3) is 0 Å². The summed E-state index contributed by atoms with van der Waals surface area (Å²) in [6.07, 6.45) is 1.34. The first-order valence-corrected chi connectivity index (χ1v) is 11.6. The molecule has 5 rings (SSSR count). The number of hydrogen-bond donors (Lipinski definition) is 1. The number of ether oxygens (including phenoxy) is 4. The predicted molar refractivity (Wildman–Crippen MR) is 126 cm³/mol. The predicted octanol–water partition coefficient (Wildman–Crippen LogP) is 5.55. The standard InChI is InChI=1S/C28H30O5/c1-4-31-22-17-24(32-5-2)26-25(18-22)33-28(20-11-13-21(30-3)14-12-20)23(15-16-27(26,28)29)19-9-7-6-8-10-19/h6-14,17-18,23,29H,4-5,15-16H2,1-3H3. The molecule has 1 N–H and O–H groups in total. The molecular formula is C28H30O5. The minimum Gasteiger partial charge on any atom is -0.497 e. The van der Waals surface area contributed by atoms with Crippen LogP contribution in [0.4, 0.5) is 0 Å². The molecule has 3 aromatic rings. The lowest BCUT2D eigenvalue weighted by Gasteiger charge is -2.40. The Hall–Kier alpha value is -3.18. The molecule has 2 aliphatic rings. The largest absolute Gasteiger partial charge is 0.497 e. The highest BCUT2D eigenvalue weighted by Crippen LogP contribution is 2.68. The van der Waals surface area contributed by atoms with Crippen molar-refractivity contribution < 1.29 is 24.1 Å². The quantitative estimate of drug-likeness (QED) is 0.516. The molecule has 1 aliphatic heterocycles. The Morgan fingerprint density at radius 2 is 1.67 bits per heavy atom. The number of rotatable bonds is 7. The molecule has 1 aliphatic carbocycles. The molecular weight excluding hydrogens is 416 g/mol. The zero-order valence-corrected chi connectivity index (χ0v) is 19.3. The van der Waals surface area contributed by atoms with Gasteiger partial charge in [-0.1, -0.05) is 42.5 Å². The maximum atomic E-state index is 12.5. The Labute approximate surface area is 194 Å². The third-order valence-corrected chi connectivity index (χ3v) is 6.96. The molecule has 0 bridgehead atoms. The lowest BCUT2D eigenvalue weighted by Crippen LogP contribution is -2.48. The van der Waals surface area contributed by atoms with Crippen molar-refractivity contribution in [1.29, 1.82) is 0 Å². The molecule has 1 fully saturated rings. The van der Waals surface area contributed by atoms with E-state index in [1.165, 1.54) is 0 Å². The molecule has 5 heteroatoms. The van der Waals surface area contributed by atoms with Crippen molar-refractivity contribution in [2.24, 2.45) is 0 Å². The molecule has 3 atom stereocenters. The third kappa shape index (κ3) is 3.17. The summed E-state index contributed by atoms with van der Waals surface area (Å²) >= 11 is 0. The van der Waals surface area contributed by atoms with Crippen LogP contribution in [-0.2, 0) is 11.2 Å². The minimum atomic E-state index is -1.26. The van der Waals surface area contributed by atoms with E-state index in [1.54, 1.807) is 7.11 Å².